The standard InChI is InChI=1S/C19H15F4N3O3S/c20-16-7-6-14(12-15(16)19(21,22)23)30(27,28)24-10-11-29-18-9-8-17(25-26-18)13-4-2-1-3-5-13/h1-9,12,24H,10-11H2. The van der Waals surface area contributed by atoms with Gasteiger partial charge < -0.3 is 4.74 Å². The zero-order valence-corrected chi connectivity index (χ0v) is 16.0. The smallest absolute Gasteiger partial charge is 0.419 e. The average Bonchev–Trinajstić information content (AvgIpc) is 2.72. The Morgan fingerprint density at radius 3 is 2.33 bits per heavy atom. The average molecular weight is 441 g/mol. The predicted molar refractivity (Wildman–Crippen MR) is 99.6 cm³/mol. The molecule has 0 atom stereocenters. The molecular formula is C19H15F4N3O3S. The highest BCUT2D eigenvalue weighted by atomic mass is 32.2. The molecule has 0 aliphatic heterocycles. The molecule has 0 aliphatic carbocycles. The van der Waals surface area contributed by atoms with E-state index < -0.39 is 32.5 Å². The molecule has 1 heterocycles. The molecular weight excluding hydrogens is 426 g/mol. The van der Waals surface area contributed by atoms with Crippen LogP contribution in [0.4, 0.5) is 17.6 Å². The van der Waals surface area contributed by atoms with Crippen LogP contribution in [0, 0.1) is 5.82 Å². The molecule has 30 heavy (non-hydrogen) atoms. The number of hydrogen-bond donors (Lipinski definition) is 1. The molecule has 0 saturated heterocycles. The molecule has 158 valence electrons. The van der Waals surface area contributed by atoms with Crippen molar-refractivity contribution in [1.29, 1.82) is 0 Å². The number of nitrogens with zero attached hydrogens (tertiary/aromatic N) is 2. The van der Waals surface area contributed by atoms with E-state index in [0.29, 0.717) is 11.8 Å². The first-order valence-corrected chi connectivity index (χ1v) is 10.0. The van der Waals surface area contributed by atoms with Crippen LogP contribution in [0.15, 0.2) is 65.6 Å². The number of halogens is 4. The van der Waals surface area contributed by atoms with E-state index in [2.05, 4.69) is 14.9 Å². The fourth-order valence-corrected chi connectivity index (χ4v) is 3.50. The van der Waals surface area contributed by atoms with Crippen LogP contribution in [0.3, 0.4) is 0 Å². The van der Waals surface area contributed by atoms with Gasteiger partial charge in [-0.1, -0.05) is 30.3 Å². The molecule has 6 nitrogen and oxygen atoms in total. The van der Waals surface area contributed by atoms with Crippen molar-refractivity contribution in [3.05, 3.63) is 72.0 Å². The van der Waals surface area contributed by atoms with E-state index in [0.717, 1.165) is 11.6 Å². The summed E-state index contributed by atoms with van der Waals surface area (Å²) in [7, 11) is -4.29. The van der Waals surface area contributed by atoms with E-state index in [1.165, 1.54) is 0 Å². The van der Waals surface area contributed by atoms with Gasteiger partial charge in [-0.2, -0.15) is 13.2 Å². The lowest BCUT2D eigenvalue weighted by molar-refractivity contribution is -0.140. The normalized spacial score (nSPS) is 12.0. The van der Waals surface area contributed by atoms with Gasteiger partial charge in [0.05, 0.1) is 16.2 Å². The van der Waals surface area contributed by atoms with Crippen molar-refractivity contribution in [2.45, 2.75) is 11.1 Å². The Morgan fingerprint density at radius 1 is 0.967 bits per heavy atom. The lowest BCUT2D eigenvalue weighted by atomic mass is 10.1. The van der Waals surface area contributed by atoms with Gasteiger partial charge in [-0.3, -0.25) is 0 Å². The maximum Gasteiger partial charge on any atom is 0.419 e. The molecule has 0 bridgehead atoms. The highest BCUT2D eigenvalue weighted by molar-refractivity contribution is 7.89. The minimum atomic E-state index is -5.01. The van der Waals surface area contributed by atoms with Crippen LogP contribution in [0.1, 0.15) is 5.56 Å². The van der Waals surface area contributed by atoms with Crippen LogP contribution in [-0.2, 0) is 16.2 Å². The van der Waals surface area contributed by atoms with Crippen LogP contribution in [0.25, 0.3) is 11.3 Å². The number of ether oxygens (including phenoxy) is 1. The Labute approximate surface area is 169 Å². The van der Waals surface area contributed by atoms with E-state index >= 15 is 0 Å². The first kappa shape index (κ1) is 21.7. The Hall–Kier alpha value is -3.05. The van der Waals surface area contributed by atoms with E-state index in [-0.39, 0.29) is 25.1 Å². The van der Waals surface area contributed by atoms with Gasteiger partial charge in [-0.25, -0.2) is 17.5 Å². The molecule has 3 aromatic rings. The largest absolute Gasteiger partial charge is 0.475 e. The van der Waals surface area contributed by atoms with E-state index in [4.69, 9.17) is 4.74 Å². The van der Waals surface area contributed by atoms with Crippen LogP contribution in [0.5, 0.6) is 5.88 Å². The summed E-state index contributed by atoms with van der Waals surface area (Å²) in [4.78, 5) is -0.705. The van der Waals surface area contributed by atoms with Crippen LogP contribution in [0.2, 0.25) is 0 Å². The Bertz CT molecular complexity index is 1110. The number of alkyl halides is 3. The highest BCUT2D eigenvalue weighted by Gasteiger charge is 2.35. The minimum absolute atomic E-state index is 0.147. The molecule has 0 unspecified atom stereocenters. The third-order valence-corrected chi connectivity index (χ3v) is 5.37. The first-order valence-electron chi connectivity index (χ1n) is 8.55. The molecule has 0 amide bonds. The number of aromatic nitrogens is 2. The van der Waals surface area contributed by atoms with E-state index in [9.17, 15) is 26.0 Å². The van der Waals surface area contributed by atoms with Crippen molar-refractivity contribution < 1.29 is 30.7 Å². The van der Waals surface area contributed by atoms with Gasteiger partial charge in [0.25, 0.3) is 0 Å². The van der Waals surface area contributed by atoms with Crippen molar-refractivity contribution in [3.8, 4) is 17.1 Å². The summed E-state index contributed by atoms with van der Waals surface area (Å²) in [5, 5.41) is 7.89. The second kappa shape index (κ2) is 8.76. The Morgan fingerprint density at radius 2 is 1.70 bits per heavy atom. The van der Waals surface area contributed by atoms with Crippen molar-refractivity contribution in [2.75, 3.05) is 13.2 Å². The summed E-state index contributed by atoms with van der Waals surface area (Å²) in [6, 6.07) is 14.0. The zero-order chi connectivity index (χ0) is 21.8. The van der Waals surface area contributed by atoms with Gasteiger partial charge in [0.1, 0.15) is 12.4 Å². The van der Waals surface area contributed by atoms with Crippen molar-refractivity contribution in [1.82, 2.24) is 14.9 Å². The third-order valence-electron chi connectivity index (χ3n) is 3.91. The van der Waals surface area contributed by atoms with Gasteiger partial charge in [0.2, 0.25) is 15.9 Å². The number of nitrogens with one attached hydrogen (secondary N) is 1. The fourth-order valence-electron chi connectivity index (χ4n) is 2.46. The Balaban J connectivity index is 1.57. The molecule has 1 aromatic heterocycles. The Kier molecular flexibility index (Phi) is 6.32. The molecule has 11 heteroatoms. The van der Waals surface area contributed by atoms with E-state index in [1.807, 2.05) is 30.3 Å². The third kappa shape index (κ3) is 5.30. The SMILES string of the molecule is O=S(=O)(NCCOc1ccc(-c2ccccc2)nn1)c1ccc(F)c(C(F)(F)F)c1. The van der Waals surface area contributed by atoms with Gasteiger partial charge >= 0.3 is 6.18 Å². The summed E-state index contributed by atoms with van der Waals surface area (Å²) in [5.74, 6) is -1.41. The fraction of sp³-hybridized carbons (Fsp3) is 0.158. The molecule has 0 radical (unpaired) electrons. The maximum atomic E-state index is 13.3. The van der Waals surface area contributed by atoms with Gasteiger partial charge in [0, 0.05) is 18.2 Å². The molecule has 2 aromatic carbocycles. The lowest BCUT2D eigenvalue weighted by Gasteiger charge is -2.11. The quantitative estimate of drug-likeness (QED) is 0.447. The second-order valence-corrected chi connectivity index (χ2v) is 7.78. The van der Waals surface area contributed by atoms with Crippen LogP contribution in [-0.4, -0.2) is 31.8 Å². The molecule has 0 spiro atoms. The highest BCUT2D eigenvalue weighted by Crippen LogP contribution is 2.32. The van der Waals surface area contributed by atoms with Gasteiger partial charge in [0.15, 0.2) is 0 Å². The number of hydrogen-bond acceptors (Lipinski definition) is 5. The zero-order valence-electron chi connectivity index (χ0n) is 15.2. The number of rotatable bonds is 7. The molecule has 0 saturated carbocycles. The molecule has 3 rings (SSSR count). The van der Waals surface area contributed by atoms with Crippen molar-refractivity contribution >= 4 is 10.0 Å². The summed E-state index contributed by atoms with van der Waals surface area (Å²) >= 11 is 0. The van der Waals surface area contributed by atoms with Gasteiger partial charge in [-0.15, -0.1) is 10.2 Å². The topological polar surface area (TPSA) is 81.2 Å². The first-order chi connectivity index (χ1) is 14.2. The van der Waals surface area contributed by atoms with Gasteiger partial charge in [-0.05, 0) is 24.3 Å². The maximum absolute atomic E-state index is 13.3. The minimum Gasteiger partial charge on any atom is -0.475 e. The summed E-state index contributed by atoms with van der Waals surface area (Å²) < 4.78 is 83.3. The van der Waals surface area contributed by atoms with E-state index in [1.54, 1.807) is 12.1 Å². The van der Waals surface area contributed by atoms with Crippen LogP contribution < -0.4 is 9.46 Å². The number of sulfonamides is 1. The monoisotopic (exact) mass is 441 g/mol. The molecule has 0 aliphatic rings. The second-order valence-electron chi connectivity index (χ2n) is 6.01. The van der Waals surface area contributed by atoms with Crippen molar-refractivity contribution in [3.63, 3.8) is 0 Å². The summed E-state index contributed by atoms with van der Waals surface area (Å²) in [6.45, 7) is -0.394. The van der Waals surface area contributed by atoms with Crippen molar-refractivity contribution in [2.24, 2.45) is 0 Å². The summed E-state index contributed by atoms with van der Waals surface area (Å²) in [5.41, 5.74) is -0.169. The summed E-state index contributed by atoms with van der Waals surface area (Å²) in [6.07, 6.45) is -5.01. The number of benzene rings is 2. The molecule has 0 fully saturated rings. The van der Waals surface area contributed by atoms with Crippen LogP contribution >= 0.6 is 0 Å². The lowest BCUT2D eigenvalue weighted by Crippen LogP contribution is -2.28. The molecule has 1 N–H and O–H groups in total. The predicted octanol–water partition coefficient (Wildman–Crippen LogP) is 3.66.